The summed E-state index contributed by atoms with van der Waals surface area (Å²) in [6, 6.07) is 16.8. The van der Waals surface area contributed by atoms with E-state index in [0.29, 0.717) is 28.0 Å². The molecule has 4 rings (SSSR count). The van der Waals surface area contributed by atoms with E-state index in [4.69, 9.17) is 13.9 Å². The monoisotopic (exact) mass is 474 g/mol. The molecule has 0 saturated heterocycles. The minimum atomic E-state index is -0.305. The van der Waals surface area contributed by atoms with E-state index in [9.17, 15) is 10.1 Å². The first-order valence-corrected chi connectivity index (χ1v) is 11.3. The fraction of sp³-hybridized carbons (Fsp3) is 0.160. The van der Waals surface area contributed by atoms with Crippen molar-refractivity contribution in [2.24, 2.45) is 7.05 Å². The molecule has 9 heteroatoms. The van der Waals surface area contributed by atoms with Crippen LogP contribution in [0.3, 0.4) is 0 Å². The van der Waals surface area contributed by atoms with Gasteiger partial charge in [-0.1, -0.05) is 23.9 Å². The van der Waals surface area contributed by atoms with Crippen molar-refractivity contribution in [1.82, 2.24) is 9.55 Å². The van der Waals surface area contributed by atoms with E-state index in [1.165, 1.54) is 11.8 Å². The van der Waals surface area contributed by atoms with Gasteiger partial charge in [-0.2, -0.15) is 5.26 Å². The first-order chi connectivity index (χ1) is 16.5. The van der Waals surface area contributed by atoms with Gasteiger partial charge in [-0.15, -0.1) is 0 Å². The van der Waals surface area contributed by atoms with Crippen molar-refractivity contribution in [3.63, 3.8) is 0 Å². The Bertz CT molecular complexity index is 1330. The number of aromatic nitrogens is 2. The number of nitriles is 1. The van der Waals surface area contributed by atoms with Gasteiger partial charge in [0.05, 0.1) is 20.0 Å². The van der Waals surface area contributed by atoms with Crippen LogP contribution in [0.1, 0.15) is 5.56 Å². The third-order valence-corrected chi connectivity index (χ3v) is 6.17. The standard InChI is InChI=1S/C25H22N4O4S/c1-29-13-12-27-25(29)34-15-21(30)28-24-20(14-26)22(16-4-8-18(31-2)9-5-16)23(33-24)17-6-10-19(32-3)11-7-17/h4-13H,15H2,1-3H3,(H,28,30). The molecular formula is C25H22N4O4S. The zero-order valence-corrected chi connectivity index (χ0v) is 19.7. The second kappa shape index (κ2) is 10.2. The Balaban J connectivity index is 1.71. The number of nitrogens with zero attached hydrogens (tertiary/aromatic N) is 3. The van der Waals surface area contributed by atoms with Gasteiger partial charge in [0, 0.05) is 30.6 Å². The van der Waals surface area contributed by atoms with Crippen LogP contribution in [-0.2, 0) is 11.8 Å². The van der Waals surface area contributed by atoms with Crippen LogP contribution in [0.2, 0.25) is 0 Å². The van der Waals surface area contributed by atoms with Crippen molar-refractivity contribution in [3.8, 4) is 40.0 Å². The summed E-state index contributed by atoms with van der Waals surface area (Å²) in [4.78, 5) is 16.9. The minimum Gasteiger partial charge on any atom is -0.497 e. The van der Waals surface area contributed by atoms with Crippen molar-refractivity contribution >= 4 is 23.6 Å². The number of nitrogens with one attached hydrogen (secondary N) is 1. The van der Waals surface area contributed by atoms with Gasteiger partial charge < -0.3 is 18.5 Å². The van der Waals surface area contributed by atoms with Crippen LogP contribution in [0.25, 0.3) is 22.5 Å². The Hall–Kier alpha value is -4.16. The van der Waals surface area contributed by atoms with Crippen LogP contribution >= 0.6 is 11.8 Å². The Morgan fingerprint density at radius 1 is 1.09 bits per heavy atom. The number of imidazole rings is 1. The number of thioether (sulfide) groups is 1. The minimum absolute atomic E-state index is 0.101. The molecule has 2 aromatic heterocycles. The molecule has 0 aliphatic carbocycles. The van der Waals surface area contributed by atoms with Crippen molar-refractivity contribution in [2.45, 2.75) is 5.16 Å². The summed E-state index contributed by atoms with van der Waals surface area (Å²) in [5.74, 6) is 1.77. The number of carbonyl (C=O) groups is 1. The molecule has 0 radical (unpaired) electrons. The number of benzene rings is 2. The molecule has 2 heterocycles. The van der Waals surface area contributed by atoms with Gasteiger partial charge in [0.15, 0.2) is 5.16 Å². The van der Waals surface area contributed by atoms with Crippen molar-refractivity contribution < 1.29 is 18.7 Å². The average Bonchev–Trinajstić information content (AvgIpc) is 3.45. The third-order valence-electron chi connectivity index (χ3n) is 5.11. The fourth-order valence-corrected chi connectivity index (χ4v) is 4.12. The number of amides is 1. The summed E-state index contributed by atoms with van der Waals surface area (Å²) < 4.78 is 18.4. The normalized spacial score (nSPS) is 10.5. The zero-order valence-electron chi connectivity index (χ0n) is 18.9. The maximum Gasteiger partial charge on any atom is 0.237 e. The molecular weight excluding hydrogens is 452 g/mol. The van der Waals surface area contributed by atoms with E-state index in [0.717, 1.165) is 11.1 Å². The number of aryl methyl sites for hydroxylation is 1. The Morgan fingerprint density at radius 3 is 2.24 bits per heavy atom. The molecule has 1 N–H and O–H groups in total. The second-order valence-corrected chi connectivity index (χ2v) is 8.18. The zero-order chi connectivity index (χ0) is 24.1. The van der Waals surface area contributed by atoms with Gasteiger partial charge in [-0.05, 0) is 42.0 Å². The Kier molecular flexibility index (Phi) is 6.90. The largest absolute Gasteiger partial charge is 0.497 e. The topological polar surface area (TPSA) is 102 Å². The van der Waals surface area contributed by atoms with Crippen LogP contribution in [0.15, 0.2) is 70.5 Å². The molecule has 8 nitrogen and oxygen atoms in total. The van der Waals surface area contributed by atoms with Gasteiger partial charge in [-0.25, -0.2) is 4.98 Å². The number of carbonyl (C=O) groups excluding carboxylic acids is 1. The number of furan rings is 1. The average molecular weight is 475 g/mol. The maximum absolute atomic E-state index is 12.7. The van der Waals surface area contributed by atoms with E-state index in [-0.39, 0.29) is 23.1 Å². The highest BCUT2D eigenvalue weighted by Crippen LogP contribution is 2.42. The second-order valence-electron chi connectivity index (χ2n) is 7.24. The summed E-state index contributed by atoms with van der Waals surface area (Å²) in [5, 5.41) is 13.5. The van der Waals surface area contributed by atoms with Gasteiger partial charge in [0.2, 0.25) is 11.8 Å². The van der Waals surface area contributed by atoms with Crippen LogP contribution in [0, 0.1) is 11.3 Å². The summed E-state index contributed by atoms with van der Waals surface area (Å²) in [5.41, 5.74) is 2.33. The van der Waals surface area contributed by atoms with E-state index < -0.39 is 0 Å². The molecule has 0 saturated carbocycles. The predicted octanol–water partition coefficient (Wildman–Crippen LogP) is 4.97. The molecule has 0 fully saturated rings. The SMILES string of the molecule is COc1ccc(-c2oc(NC(=O)CSc3nccn3C)c(C#N)c2-c2ccc(OC)cc2)cc1. The van der Waals surface area contributed by atoms with Crippen molar-refractivity contribution in [1.29, 1.82) is 5.26 Å². The molecule has 0 unspecified atom stereocenters. The fourth-order valence-electron chi connectivity index (χ4n) is 3.39. The molecule has 0 spiro atoms. The maximum atomic E-state index is 12.7. The van der Waals surface area contributed by atoms with E-state index in [2.05, 4.69) is 16.4 Å². The quantitative estimate of drug-likeness (QED) is 0.360. The number of hydrogen-bond acceptors (Lipinski definition) is 7. The first kappa shape index (κ1) is 23.0. The van der Waals surface area contributed by atoms with E-state index in [1.54, 1.807) is 20.4 Å². The van der Waals surface area contributed by atoms with Crippen molar-refractivity contribution in [2.75, 3.05) is 25.3 Å². The van der Waals surface area contributed by atoms with Crippen LogP contribution < -0.4 is 14.8 Å². The van der Waals surface area contributed by atoms with Crippen LogP contribution in [0.4, 0.5) is 5.88 Å². The molecule has 172 valence electrons. The highest BCUT2D eigenvalue weighted by Gasteiger charge is 2.24. The third kappa shape index (κ3) is 4.77. The highest BCUT2D eigenvalue weighted by molar-refractivity contribution is 7.99. The number of methoxy groups -OCH3 is 2. The van der Waals surface area contributed by atoms with Crippen molar-refractivity contribution in [3.05, 3.63) is 66.5 Å². The number of rotatable bonds is 8. The smallest absolute Gasteiger partial charge is 0.237 e. The number of anilines is 1. The van der Waals surface area contributed by atoms with Crippen LogP contribution in [0.5, 0.6) is 11.5 Å². The molecule has 0 aliphatic heterocycles. The van der Waals surface area contributed by atoms with Gasteiger partial charge >= 0.3 is 0 Å². The summed E-state index contributed by atoms with van der Waals surface area (Å²) >= 11 is 1.29. The summed E-state index contributed by atoms with van der Waals surface area (Å²) in [7, 11) is 5.04. The molecule has 4 aromatic rings. The van der Waals surface area contributed by atoms with Crippen LogP contribution in [-0.4, -0.2) is 35.4 Å². The molecule has 1 amide bonds. The summed E-state index contributed by atoms with van der Waals surface area (Å²) in [6.45, 7) is 0. The lowest BCUT2D eigenvalue weighted by atomic mass is 9.98. The number of hydrogen-bond donors (Lipinski definition) is 1. The first-order valence-electron chi connectivity index (χ1n) is 10.3. The molecule has 0 bridgehead atoms. The molecule has 0 aliphatic rings. The molecule has 34 heavy (non-hydrogen) atoms. The lowest BCUT2D eigenvalue weighted by Gasteiger charge is -2.06. The Labute approximate surface area is 201 Å². The molecule has 2 aromatic carbocycles. The van der Waals surface area contributed by atoms with E-state index >= 15 is 0 Å². The molecule has 0 atom stereocenters. The predicted molar refractivity (Wildman–Crippen MR) is 130 cm³/mol. The lowest BCUT2D eigenvalue weighted by molar-refractivity contribution is -0.113. The van der Waals surface area contributed by atoms with Gasteiger partial charge in [0.1, 0.15) is 28.9 Å². The Morgan fingerprint density at radius 2 is 1.71 bits per heavy atom. The lowest BCUT2D eigenvalue weighted by Crippen LogP contribution is -2.14. The van der Waals surface area contributed by atoms with E-state index in [1.807, 2.05) is 66.3 Å². The highest BCUT2D eigenvalue weighted by atomic mass is 32.2. The number of ether oxygens (including phenoxy) is 2. The van der Waals surface area contributed by atoms with Gasteiger partial charge in [-0.3, -0.25) is 10.1 Å². The summed E-state index contributed by atoms with van der Waals surface area (Å²) in [6.07, 6.45) is 3.48. The van der Waals surface area contributed by atoms with Gasteiger partial charge in [0.25, 0.3) is 0 Å².